The minimum absolute atomic E-state index is 0.0438. The van der Waals surface area contributed by atoms with E-state index in [0.717, 1.165) is 17.7 Å². The Morgan fingerprint density at radius 3 is 2.67 bits per heavy atom. The van der Waals surface area contributed by atoms with Crippen molar-refractivity contribution in [2.75, 3.05) is 11.9 Å². The van der Waals surface area contributed by atoms with Crippen molar-refractivity contribution in [1.82, 2.24) is 4.90 Å². The molecule has 2 aliphatic rings. The lowest BCUT2D eigenvalue weighted by molar-refractivity contribution is -0.137. The number of halogens is 3. The van der Waals surface area contributed by atoms with Crippen molar-refractivity contribution in [1.29, 1.82) is 0 Å². The van der Waals surface area contributed by atoms with Gasteiger partial charge in [-0.3, -0.25) is 9.59 Å². The standard InChI is InChI=1S/C22H21F3N2O3/c1-13(28)30-16-5-2-4-14(10-16)19-12-20(27-9-3-6-21(27)29)17-11-15(22(23,24)25)7-8-18(17)26-19/h2,4-5,7-8,10-11,19-20,26H,3,6,9,12H2,1H3. The Labute approximate surface area is 171 Å². The van der Waals surface area contributed by atoms with Crippen molar-refractivity contribution in [3.8, 4) is 5.75 Å². The van der Waals surface area contributed by atoms with E-state index in [-0.39, 0.29) is 11.9 Å². The van der Waals surface area contributed by atoms with Crippen LogP contribution in [0.4, 0.5) is 18.9 Å². The Balaban J connectivity index is 1.72. The molecule has 1 saturated heterocycles. The number of hydrogen-bond donors (Lipinski definition) is 1. The van der Waals surface area contributed by atoms with Crippen LogP contribution >= 0.6 is 0 Å². The lowest BCUT2D eigenvalue weighted by atomic mass is 9.87. The number of alkyl halides is 3. The molecule has 2 unspecified atom stereocenters. The molecule has 1 fully saturated rings. The number of nitrogens with one attached hydrogen (secondary N) is 1. The van der Waals surface area contributed by atoms with E-state index in [9.17, 15) is 22.8 Å². The minimum Gasteiger partial charge on any atom is -0.427 e. The number of esters is 1. The van der Waals surface area contributed by atoms with Crippen LogP contribution in [0.1, 0.15) is 55.0 Å². The molecule has 0 radical (unpaired) electrons. The van der Waals surface area contributed by atoms with Crippen LogP contribution in [-0.2, 0) is 15.8 Å². The van der Waals surface area contributed by atoms with E-state index in [1.165, 1.54) is 13.0 Å². The van der Waals surface area contributed by atoms with Gasteiger partial charge in [0, 0.05) is 25.6 Å². The van der Waals surface area contributed by atoms with Gasteiger partial charge in [-0.25, -0.2) is 0 Å². The number of fused-ring (bicyclic) bond motifs is 1. The normalized spacial score (nSPS) is 21.2. The zero-order valence-electron chi connectivity index (χ0n) is 16.3. The predicted molar refractivity (Wildman–Crippen MR) is 104 cm³/mol. The lowest BCUT2D eigenvalue weighted by Crippen LogP contribution is -2.35. The fraction of sp³-hybridized carbons (Fsp3) is 0.364. The summed E-state index contributed by atoms with van der Waals surface area (Å²) in [4.78, 5) is 25.4. The summed E-state index contributed by atoms with van der Waals surface area (Å²) >= 11 is 0. The number of hydrogen-bond acceptors (Lipinski definition) is 4. The third kappa shape index (κ3) is 3.99. The van der Waals surface area contributed by atoms with Crippen molar-refractivity contribution in [3.63, 3.8) is 0 Å². The van der Waals surface area contributed by atoms with Crippen LogP contribution in [0.3, 0.4) is 0 Å². The number of nitrogens with zero attached hydrogens (tertiary/aromatic N) is 1. The van der Waals surface area contributed by atoms with Crippen molar-refractivity contribution in [2.24, 2.45) is 0 Å². The zero-order valence-corrected chi connectivity index (χ0v) is 16.3. The second-order valence-corrected chi connectivity index (χ2v) is 7.61. The van der Waals surface area contributed by atoms with Gasteiger partial charge >= 0.3 is 12.1 Å². The summed E-state index contributed by atoms with van der Waals surface area (Å²) < 4.78 is 45.0. The highest BCUT2D eigenvalue weighted by Gasteiger charge is 2.38. The maximum absolute atomic E-state index is 13.3. The van der Waals surface area contributed by atoms with Gasteiger partial charge in [0.2, 0.25) is 5.91 Å². The number of benzene rings is 2. The van der Waals surface area contributed by atoms with Crippen molar-refractivity contribution < 1.29 is 27.5 Å². The molecule has 2 atom stereocenters. The van der Waals surface area contributed by atoms with Gasteiger partial charge in [0.1, 0.15) is 5.75 Å². The van der Waals surface area contributed by atoms with Crippen LogP contribution in [0.5, 0.6) is 5.75 Å². The molecule has 1 N–H and O–H groups in total. The highest BCUT2D eigenvalue weighted by atomic mass is 19.4. The molecule has 2 aliphatic heterocycles. The first-order chi connectivity index (χ1) is 14.2. The molecule has 30 heavy (non-hydrogen) atoms. The third-order valence-electron chi connectivity index (χ3n) is 5.53. The molecule has 2 heterocycles. The smallest absolute Gasteiger partial charge is 0.416 e. The Morgan fingerprint density at radius 1 is 1.20 bits per heavy atom. The van der Waals surface area contributed by atoms with Crippen LogP contribution in [0.2, 0.25) is 0 Å². The average molecular weight is 418 g/mol. The van der Waals surface area contributed by atoms with Crippen molar-refractivity contribution in [2.45, 2.75) is 44.4 Å². The topological polar surface area (TPSA) is 58.6 Å². The molecular formula is C22H21F3N2O3. The van der Waals surface area contributed by atoms with E-state index in [4.69, 9.17) is 4.74 Å². The average Bonchev–Trinajstić information content (AvgIpc) is 3.11. The first kappa shape index (κ1) is 20.3. The second kappa shape index (κ2) is 7.66. The Morgan fingerprint density at radius 2 is 2.00 bits per heavy atom. The first-order valence-electron chi connectivity index (χ1n) is 9.78. The molecule has 4 rings (SSSR count). The van der Waals surface area contributed by atoms with Gasteiger partial charge in [0.25, 0.3) is 0 Å². The molecule has 0 spiro atoms. The number of carbonyl (C=O) groups excluding carboxylic acids is 2. The van der Waals surface area contributed by atoms with E-state index < -0.39 is 23.8 Å². The van der Waals surface area contributed by atoms with E-state index in [1.54, 1.807) is 23.1 Å². The number of anilines is 1. The first-order valence-corrected chi connectivity index (χ1v) is 9.78. The van der Waals surface area contributed by atoms with Gasteiger partial charge in [0.05, 0.1) is 17.6 Å². The number of rotatable bonds is 3. The van der Waals surface area contributed by atoms with E-state index in [0.29, 0.717) is 42.8 Å². The summed E-state index contributed by atoms with van der Waals surface area (Å²) in [7, 11) is 0. The molecule has 1 amide bonds. The fourth-order valence-corrected chi connectivity index (χ4v) is 4.22. The van der Waals surface area contributed by atoms with Gasteiger partial charge in [-0.1, -0.05) is 12.1 Å². The van der Waals surface area contributed by atoms with Crippen LogP contribution in [-0.4, -0.2) is 23.3 Å². The molecule has 0 saturated carbocycles. The lowest BCUT2D eigenvalue weighted by Gasteiger charge is -2.38. The second-order valence-electron chi connectivity index (χ2n) is 7.61. The predicted octanol–water partition coefficient (Wildman–Crippen LogP) is 4.85. The maximum Gasteiger partial charge on any atom is 0.416 e. The molecule has 158 valence electrons. The molecule has 0 aromatic heterocycles. The molecule has 2 aromatic rings. The van der Waals surface area contributed by atoms with Crippen LogP contribution in [0.15, 0.2) is 42.5 Å². The number of ether oxygens (including phenoxy) is 1. The maximum atomic E-state index is 13.3. The van der Waals surface area contributed by atoms with E-state index in [2.05, 4.69) is 5.32 Å². The Hall–Kier alpha value is -3.03. The molecule has 8 heteroatoms. The zero-order chi connectivity index (χ0) is 21.5. The van der Waals surface area contributed by atoms with Gasteiger partial charge in [-0.05, 0) is 54.3 Å². The molecule has 0 bridgehead atoms. The summed E-state index contributed by atoms with van der Waals surface area (Å²) in [5.41, 5.74) is 1.15. The monoisotopic (exact) mass is 418 g/mol. The molecule has 2 aromatic carbocycles. The van der Waals surface area contributed by atoms with Gasteiger partial charge in [0.15, 0.2) is 0 Å². The molecular weight excluding hydrogens is 397 g/mol. The van der Waals surface area contributed by atoms with Crippen molar-refractivity contribution >= 4 is 17.6 Å². The summed E-state index contributed by atoms with van der Waals surface area (Å²) in [6.45, 7) is 1.84. The molecule has 5 nitrogen and oxygen atoms in total. The minimum atomic E-state index is -4.45. The Kier molecular flexibility index (Phi) is 5.17. The van der Waals surface area contributed by atoms with Crippen LogP contribution in [0, 0.1) is 0 Å². The Bertz CT molecular complexity index is 990. The summed E-state index contributed by atoms with van der Waals surface area (Å²) in [6, 6.07) is 9.93. The van der Waals surface area contributed by atoms with E-state index >= 15 is 0 Å². The number of likely N-dealkylation sites (tertiary alicyclic amines) is 1. The number of amides is 1. The van der Waals surface area contributed by atoms with E-state index in [1.807, 2.05) is 6.07 Å². The van der Waals surface area contributed by atoms with Gasteiger partial charge < -0.3 is 15.0 Å². The summed E-state index contributed by atoms with van der Waals surface area (Å²) in [5, 5.41) is 3.29. The van der Waals surface area contributed by atoms with Gasteiger partial charge in [-0.15, -0.1) is 0 Å². The summed E-state index contributed by atoms with van der Waals surface area (Å²) in [6.07, 6.45) is -2.93. The van der Waals surface area contributed by atoms with Crippen LogP contribution < -0.4 is 10.1 Å². The molecule has 0 aliphatic carbocycles. The van der Waals surface area contributed by atoms with Crippen molar-refractivity contribution in [3.05, 3.63) is 59.2 Å². The highest BCUT2D eigenvalue weighted by molar-refractivity contribution is 5.79. The summed E-state index contributed by atoms with van der Waals surface area (Å²) in [5.74, 6) is -0.0826. The van der Waals surface area contributed by atoms with Crippen LogP contribution in [0.25, 0.3) is 0 Å². The van der Waals surface area contributed by atoms with Gasteiger partial charge in [-0.2, -0.15) is 13.2 Å². The third-order valence-corrected chi connectivity index (χ3v) is 5.53. The fourth-order valence-electron chi connectivity index (χ4n) is 4.22. The highest BCUT2D eigenvalue weighted by Crippen LogP contribution is 2.45. The quantitative estimate of drug-likeness (QED) is 0.572. The largest absolute Gasteiger partial charge is 0.427 e. The number of carbonyl (C=O) groups is 2. The SMILES string of the molecule is CC(=O)Oc1cccc(C2CC(N3CCCC3=O)c3cc(C(F)(F)F)ccc3N2)c1.